The van der Waals surface area contributed by atoms with E-state index < -0.39 is 21.8 Å². The van der Waals surface area contributed by atoms with Crippen molar-refractivity contribution in [2.45, 2.75) is 37.5 Å². The number of fused-ring (bicyclic) bond motifs is 1. The first-order valence-corrected chi connectivity index (χ1v) is 13.1. The number of carbonyl (C=O) groups excluding carboxylic acids is 2. The Kier molecular flexibility index (Phi) is 7.51. The summed E-state index contributed by atoms with van der Waals surface area (Å²) in [6.07, 6.45) is 2.97. The van der Waals surface area contributed by atoms with Crippen LogP contribution in [-0.4, -0.2) is 33.3 Å². The Morgan fingerprint density at radius 1 is 0.943 bits per heavy atom. The molecule has 0 spiro atoms. The Morgan fingerprint density at radius 2 is 1.69 bits per heavy atom. The lowest BCUT2D eigenvalue weighted by Gasteiger charge is -2.31. The maximum absolute atomic E-state index is 13.3. The number of hydrogen-bond acceptors (Lipinski definition) is 4. The second kappa shape index (κ2) is 10.7. The van der Waals surface area contributed by atoms with E-state index in [-0.39, 0.29) is 4.90 Å². The zero-order valence-corrected chi connectivity index (χ0v) is 20.5. The molecule has 0 saturated heterocycles. The first-order chi connectivity index (χ1) is 16.8. The summed E-state index contributed by atoms with van der Waals surface area (Å²) < 4.78 is 28.0. The maximum Gasteiger partial charge on any atom is 0.313 e. The zero-order valence-electron chi connectivity index (χ0n) is 19.7. The normalized spacial score (nSPS) is 13.1. The van der Waals surface area contributed by atoms with E-state index in [2.05, 4.69) is 10.6 Å². The van der Waals surface area contributed by atoms with Gasteiger partial charge in [-0.1, -0.05) is 54.1 Å². The minimum atomic E-state index is -3.75. The van der Waals surface area contributed by atoms with Gasteiger partial charge in [-0.25, -0.2) is 8.42 Å². The standard InChI is InChI=1S/C27H29N3O4S/c1-20-11-15-24(16-12-20)35(33,34)30-18-6-10-22-13-14-23(19-25(22)30)29-27(32)26(31)28-17-5-9-21-7-3-2-4-8-21/h2-4,7-8,11-16,19H,5-6,9-10,17-18H2,1H3,(H,28,31)(H,29,32). The van der Waals surface area contributed by atoms with Gasteiger partial charge in [0.15, 0.2) is 0 Å². The van der Waals surface area contributed by atoms with Crippen molar-refractivity contribution >= 4 is 33.2 Å². The van der Waals surface area contributed by atoms with Gasteiger partial charge in [0, 0.05) is 18.8 Å². The summed E-state index contributed by atoms with van der Waals surface area (Å²) in [4.78, 5) is 24.9. The summed E-state index contributed by atoms with van der Waals surface area (Å²) in [5.41, 5.74) is 3.93. The first-order valence-electron chi connectivity index (χ1n) is 11.7. The Balaban J connectivity index is 1.41. The van der Waals surface area contributed by atoms with E-state index in [4.69, 9.17) is 0 Å². The van der Waals surface area contributed by atoms with E-state index >= 15 is 0 Å². The fourth-order valence-electron chi connectivity index (χ4n) is 4.11. The Labute approximate surface area is 206 Å². The van der Waals surface area contributed by atoms with Crippen molar-refractivity contribution < 1.29 is 18.0 Å². The zero-order chi connectivity index (χ0) is 24.8. The molecule has 0 bridgehead atoms. The summed E-state index contributed by atoms with van der Waals surface area (Å²) in [6.45, 7) is 2.64. The molecule has 182 valence electrons. The largest absolute Gasteiger partial charge is 0.348 e. The smallest absolute Gasteiger partial charge is 0.313 e. The summed E-state index contributed by atoms with van der Waals surface area (Å²) in [5, 5.41) is 5.23. The molecule has 2 amide bonds. The van der Waals surface area contributed by atoms with Gasteiger partial charge in [-0.05, 0) is 68.0 Å². The highest BCUT2D eigenvalue weighted by Crippen LogP contribution is 2.34. The topological polar surface area (TPSA) is 95.6 Å². The van der Waals surface area contributed by atoms with Gasteiger partial charge in [0.05, 0.1) is 10.6 Å². The van der Waals surface area contributed by atoms with Crippen LogP contribution in [0, 0.1) is 6.92 Å². The van der Waals surface area contributed by atoms with E-state index in [0.29, 0.717) is 37.3 Å². The molecule has 0 radical (unpaired) electrons. The van der Waals surface area contributed by atoms with Crippen LogP contribution in [0.1, 0.15) is 29.5 Å². The summed E-state index contributed by atoms with van der Waals surface area (Å²) in [5.74, 6) is -1.51. The van der Waals surface area contributed by atoms with Crippen LogP contribution in [0.3, 0.4) is 0 Å². The number of carbonyl (C=O) groups is 2. The van der Waals surface area contributed by atoms with Gasteiger partial charge in [0.25, 0.3) is 10.0 Å². The van der Waals surface area contributed by atoms with Crippen molar-refractivity contribution in [3.8, 4) is 0 Å². The lowest BCUT2D eigenvalue weighted by atomic mass is 10.0. The Bertz CT molecular complexity index is 1310. The number of aryl methyl sites for hydroxylation is 3. The van der Waals surface area contributed by atoms with Gasteiger partial charge in [-0.15, -0.1) is 0 Å². The van der Waals surface area contributed by atoms with Gasteiger partial charge in [0.1, 0.15) is 0 Å². The first kappa shape index (κ1) is 24.5. The van der Waals surface area contributed by atoms with Crippen LogP contribution in [0.15, 0.2) is 77.7 Å². The highest BCUT2D eigenvalue weighted by molar-refractivity contribution is 7.92. The third-order valence-corrected chi connectivity index (χ3v) is 7.83. The van der Waals surface area contributed by atoms with E-state index in [9.17, 15) is 18.0 Å². The highest BCUT2D eigenvalue weighted by atomic mass is 32.2. The van der Waals surface area contributed by atoms with E-state index in [1.165, 1.54) is 9.87 Å². The number of sulfonamides is 1. The van der Waals surface area contributed by atoms with Crippen LogP contribution in [-0.2, 0) is 32.5 Å². The lowest BCUT2D eigenvalue weighted by Crippen LogP contribution is -2.37. The fourth-order valence-corrected chi connectivity index (χ4v) is 5.65. The molecule has 1 aliphatic rings. The number of benzene rings is 3. The monoisotopic (exact) mass is 491 g/mol. The summed E-state index contributed by atoms with van der Waals surface area (Å²) >= 11 is 0. The average molecular weight is 492 g/mol. The molecule has 0 aromatic heterocycles. The molecule has 1 aliphatic heterocycles. The molecule has 4 rings (SSSR count). The van der Waals surface area contributed by atoms with Crippen molar-refractivity contribution in [3.63, 3.8) is 0 Å². The number of hydrogen-bond donors (Lipinski definition) is 2. The maximum atomic E-state index is 13.3. The molecule has 8 heteroatoms. The van der Waals surface area contributed by atoms with Crippen molar-refractivity contribution in [2.24, 2.45) is 0 Å². The number of anilines is 2. The minimum Gasteiger partial charge on any atom is -0.348 e. The highest BCUT2D eigenvalue weighted by Gasteiger charge is 2.29. The molecule has 0 fully saturated rings. The molecule has 3 aromatic carbocycles. The second-order valence-corrected chi connectivity index (χ2v) is 10.5. The van der Waals surface area contributed by atoms with Crippen LogP contribution in [0.5, 0.6) is 0 Å². The van der Waals surface area contributed by atoms with Crippen molar-refractivity contribution in [1.82, 2.24) is 5.32 Å². The van der Waals surface area contributed by atoms with E-state index in [1.807, 2.05) is 37.3 Å². The minimum absolute atomic E-state index is 0.222. The summed E-state index contributed by atoms with van der Waals surface area (Å²) in [6, 6.07) is 21.8. The molecule has 0 atom stereocenters. The molecule has 0 saturated carbocycles. The lowest BCUT2D eigenvalue weighted by molar-refractivity contribution is -0.136. The van der Waals surface area contributed by atoms with Gasteiger partial charge < -0.3 is 10.6 Å². The predicted molar refractivity (Wildman–Crippen MR) is 137 cm³/mol. The molecule has 0 unspecified atom stereocenters. The fraction of sp³-hybridized carbons (Fsp3) is 0.259. The van der Waals surface area contributed by atoms with Crippen molar-refractivity contribution in [2.75, 3.05) is 22.7 Å². The van der Waals surface area contributed by atoms with Gasteiger partial charge in [-0.2, -0.15) is 0 Å². The molecular weight excluding hydrogens is 462 g/mol. The van der Waals surface area contributed by atoms with Crippen molar-refractivity contribution in [1.29, 1.82) is 0 Å². The predicted octanol–water partition coefficient (Wildman–Crippen LogP) is 3.82. The van der Waals surface area contributed by atoms with Crippen molar-refractivity contribution in [3.05, 3.63) is 89.5 Å². The van der Waals surface area contributed by atoms with Crippen LogP contribution < -0.4 is 14.9 Å². The van der Waals surface area contributed by atoms with Gasteiger partial charge in [0.2, 0.25) is 0 Å². The van der Waals surface area contributed by atoms with Crippen LogP contribution >= 0.6 is 0 Å². The van der Waals surface area contributed by atoms with Crippen LogP contribution in [0.4, 0.5) is 11.4 Å². The molecule has 35 heavy (non-hydrogen) atoms. The molecule has 3 aromatic rings. The average Bonchev–Trinajstić information content (AvgIpc) is 2.87. The number of nitrogens with one attached hydrogen (secondary N) is 2. The number of rotatable bonds is 7. The molecule has 2 N–H and O–H groups in total. The molecule has 7 nitrogen and oxygen atoms in total. The Hall–Kier alpha value is -3.65. The van der Waals surface area contributed by atoms with Gasteiger partial charge in [-0.3, -0.25) is 13.9 Å². The number of nitrogens with zero attached hydrogens (tertiary/aromatic N) is 1. The second-order valence-electron chi connectivity index (χ2n) is 8.64. The summed E-state index contributed by atoms with van der Waals surface area (Å²) in [7, 11) is -3.75. The third kappa shape index (κ3) is 5.89. The Morgan fingerprint density at radius 3 is 2.43 bits per heavy atom. The molecular formula is C27H29N3O4S. The van der Waals surface area contributed by atoms with Crippen LogP contribution in [0.2, 0.25) is 0 Å². The van der Waals surface area contributed by atoms with E-state index in [0.717, 1.165) is 24.0 Å². The third-order valence-electron chi connectivity index (χ3n) is 6.00. The quantitative estimate of drug-likeness (QED) is 0.388. The van der Waals surface area contributed by atoms with E-state index in [1.54, 1.807) is 42.5 Å². The van der Waals surface area contributed by atoms with Crippen LogP contribution in [0.25, 0.3) is 0 Å². The SMILES string of the molecule is Cc1ccc(S(=O)(=O)N2CCCc3ccc(NC(=O)C(=O)NCCCc4ccccc4)cc32)cc1. The number of amides is 2. The molecule has 1 heterocycles. The van der Waals surface area contributed by atoms with Gasteiger partial charge >= 0.3 is 11.8 Å². The molecule has 0 aliphatic carbocycles.